The number of benzene rings is 1. The molecule has 0 spiro atoms. The van der Waals surface area contributed by atoms with Crippen LogP contribution in [0.2, 0.25) is 0 Å². The zero-order chi connectivity index (χ0) is 20.7. The topological polar surface area (TPSA) is 63.0 Å². The van der Waals surface area contributed by atoms with E-state index in [2.05, 4.69) is 4.90 Å². The minimum Gasteiger partial charge on any atom is -0.450 e. The lowest BCUT2D eigenvalue weighted by atomic mass is 10.0. The Labute approximate surface area is 178 Å². The molecular weight excluding hydrogens is 400 g/mol. The number of ether oxygens (including phenoxy) is 1. The van der Waals surface area contributed by atoms with E-state index in [4.69, 9.17) is 9.15 Å². The molecule has 30 heavy (non-hydrogen) atoms. The van der Waals surface area contributed by atoms with Crippen LogP contribution in [-0.2, 0) is 4.74 Å². The molecule has 0 radical (unpaired) electrons. The summed E-state index contributed by atoms with van der Waals surface area (Å²) in [5.41, 5.74) is 1.84. The molecule has 2 aromatic heterocycles. The normalized spacial score (nSPS) is 19.6. The van der Waals surface area contributed by atoms with Crippen LogP contribution in [0.5, 0.6) is 0 Å². The number of hydrogen-bond donors (Lipinski definition) is 0. The molecule has 0 bridgehead atoms. The van der Waals surface area contributed by atoms with Gasteiger partial charge in [-0.1, -0.05) is 17.7 Å². The highest BCUT2D eigenvalue weighted by Crippen LogP contribution is 2.39. The summed E-state index contributed by atoms with van der Waals surface area (Å²) in [4.78, 5) is 31.9. The number of hydrogen-bond acceptors (Lipinski definition) is 6. The first-order valence-corrected chi connectivity index (χ1v) is 11.2. The molecule has 1 aromatic carbocycles. The van der Waals surface area contributed by atoms with Crippen LogP contribution < -0.4 is 5.43 Å². The van der Waals surface area contributed by atoms with Gasteiger partial charge in [0.1, 0.15) is 5.58 Å². The average Bonchev–Trinajstić information content (AvgIpc) is 3.37. The molecule has 4 heterocycles. The van der Waals surface area contributed by atoms with Crippen LogP contribution in [0.25, 0.3) is 11.0 Å². The molecule has 1 saturated heterocycles. The standard InChI is InChI=1S/C23H24N2O4S/c1-15-5-6-17-16(14-15)21(26)19-20(18-4-2-13-30-18)25(23(27)22(19)29-17)8-3-7-24-9-11-28-12-10-24/h2,4-6,13-14,20H,3,7-12H2,1H3/t20-/m1/s1. The molecule has 3 aromatic rings. The van der Waals surface area contributed by atoms with Gasteiger partial charge in [0, 0.05) is 31.1 Å². The molecule has 2 aliphatic heterocycles. The Morgan fingerprint density at radius 1 is 1.13 bits per heavy atom. The lowest BCUT2D eigenvalue weighted by molar-refractivity contribution is 0.0354. The van der Waals surface area contributed by atoms with Crippen molar-refractivity contribution < 1.29 is 13.9 Å². The SMILES string of the molecule is Cc1ccc2oc3c(c(=O)c2c1)[C@@H](c1cccs1)N(CCCN1CCOCC1)C3=O. The van der Waals surface area contributed by atoms with Crippen LogP contribution in [0.3, 0.4) is 0 Å². The zero-order valence-electron chi connectivity index (χ0n) is 16.9. The monoisotopic (exact) mass is 424 g/mol. The Bertz CT molecular complexity index is 1130. The van der Waals surface area contributed by atoms with Crippen molar-refractivity contribution in [3.8, 4) is 0 Å². The van der Waals surface area contributed by atoms with Crippen LogP contribution in [0.1, 0.15) is 39.0 Å². The largest absolute Gasteiger partial charge is 0.450 e. The van der Waals surface area contributed by atoms with E-state index in [-0.39, 0.29) is 23.1 Å². The number of aryl methyl sites for hydroxylation is 1. The third-order valence-electron chi connectivity index (χ3n) is 5.91. The third kappa shape index (κ3) is 3.37. The van der Waals surface area contributed by atoms with E-state index in [1.165, 1.54) is 0 Å². The van der Waals surface area contributed by atoms with Crippen molar-refractivity contribution in [3.63, 3.8) is 0 Å². The van der Waals surface area contributed by atoms with Gasteiger partial charge in [0.2, 0.25) is 5.76 Å². The number of thiophene rings is 1. The summed E-state index contributed by atoms with van der Waals surface area (Å²) >= 11 is 1.57. The molecule has 0 saturated carbocycles. The highest BCUT2D eigenvalue weighted by atomic mass is 32.1. The summed E-state index contributed by atoms with van der Waals surface area (Å²) in [6.45, 7) is 6.81. The van der Waals surface area contributed by atoms with Gasteiger partial charge in [-0.05, 0) is 36.9 Å². The van der Waals surface area contributed by atoms with E-state index in [0.717, 1.165) is 49.7 Å². The number of carbonyl (C=O) groups excluding carboxylic acids is 1. The van der Waals surface area contributed by atoms with Crippen molar-refractivity contribution in [2.45, 2.75) is 19.4 Å². The summed E-state index contributed by atoms with van der Waals surface area (Å²) in [7, 11) is 0. The molecule has 1 fully saturated rings. The van der Waals surface area contributed by atoms with E-state index in [1.807, 2.05) is 41.5 Å². The van der Waals surface area contributed by atoms with Gasteiger partial charge < -0.3 is 14.1 Å². The highest BCUT2D eigenvalue weighted by molar-refractivity contribution is 7.10. The lowest BCUT2D eigenvalue weighted by Crippen LogP contribution is -2.38. The summed E-state index contributed by atoms with van der Waals surface area (Å²) in [5.74, 6) is 0.00563. The van der Waals surface area contributed by atoms with Gasteiger partial charge in [-0.15, -0.1) is 11.3 Å². The molecule has 7 heteroatoms. The van der Waals surface area contributed by atoms with E-state index < -0.39 is 0 Å². The summed E-state index contributed by atoms with van der Waals surface area (Å²) in [6, 6.07) is 9.10. The number of fused-ring (bicyclic) bond motifs is 2. The maximum Gasteiger partial charge on any atom is 0.290 e. The molecular formula is C23H24N2O4S. The first kappa shape index (κ1) is 19.5. The first-order valence-electron chi connectivity index (χ1n) is 10.4. The van der Waals surface area contributed by atoms with Gasteiger partial charge in [0.25, 0.3) is 5.91 Å². The second kappa shape index (κ2) is 7.98. The molecule has 1 amide bonds. The van der Waals surface area contributed by atoms with Crippen molar-refractivity contribution in [1.82, 2.24) is 9.80 Å². The second-order valence-corrected chi connectivity index (χ2v) is 8.88. The molecule has 1 atom stereocenters. The van der Waals surface area contributed by atoms with Crippen LogP contribution >= 0.6 is 11.3 Å². The van der Waals surface area contributed by atoms with Crippen LogP contribution in [0.15, 0.2) is 44.9 Å². The smallest absolute Gasteiger partial charge is 0.290 e. The van der Waals surface area contributed by atoms with Gasteiger partial charge in [0.05, 0.1) is 30.2 Å². The summed E-state index contributed by atoms with van der Waals surface area (Å²) < 4.78 is 11.4. The second-order valence-electron chi connectivity index (χ2n) is 7.90. The van der Waals surface area contributed by atoms with Crippen molar-refractivity contribution in [2.75, 3.05) is 39.4 Å². The Kier molecular flexibility index (Phi) is 5.18. The molecule has 5 rings (SSSR count). The minimum absolute atomic E-state index is 0.0996. The molecule has 156 valence electrons. The van der Waals surface area contributed by atoms with E-state index in [0.29, 0.717) is 23.1 Å². The minimum atomic E-state index is -0.377. The van der Waals surface area contributed by atoms with E-state index in [1.54, 1.807) is 17.4 Å². The summed E-state index contributed by atoms with van der Waals surface area (Å²) in [5, 5.41) is 2.52. The van der Waals surface area contributed by atoms with Crippen molar-refractivity contribution >= 4 is 28.2 Å². The number of morpholine rings is 1. The maximum absolute atomic E-state index is 13.4. The van der Waals surface area contributed by atoms with E-state index in [9.17, 15) is 9.59 Å². The van der Waals surface area contributed by atoms with Gasteiger partial charge in [-0.25, -0.2) is 0 Å². The molecule has 0 unspecified atom stereocenters. The fourth-order valence-electron chi connectivity index (χ4n) is 4.40. The first-order chi connectivity index (χ1) is 14.6. The number of rotatable bonds is 5. The quantitative estimate of drug-likeness (QED) is 0.628. The van der Waals surface area contributed by atoms with Crippen LogP contribution in [-0.4, -0.2) is 55.1 Å². The molecule has 0 aliphatic carbocycles. The maximum atomic E-state index is 13.4. The number of carbonyl (C=O) groups is 1. The van der Waals surface area contributed by atoms with Crippen LogP contribution in [0.4, 0.5) is 0 Å². The Balaban J connectivity index is 1.50. The number of amides is 1. The lowest BCUT2D eigenvalue weighted by Gasteiger charge is -2.28. The fraction of sp³-hybridized carbons (Fsp3) is 0.391. The van der Waals surface area contributed by atoms with Gasteiger partial charge in [-0.2, -0.15) is 0 Å². The summed E-state index contributed by atoms with van der Waals surface area (Å²) in [6.07, 6.45) is 0.842. The van der Waals surface area contributed by atoms with Crippen molar-refractivity contribution in [2.24, 2.45) is 0 Å². The predicted octanol–water partition coefficient (Wildman–Crippen LogP) is 3.43. The van der Waals surface area contributed by atoms with Gasteiger partial charge in [-0.3, -0.25) is 14.5 Å². The highest BCUT2D eigenvalue weighted by Gasteiger charge is 2.42. The van der Waals surface area contributed by atoms with Crippen molar-refractivity contribution in [1.29, 1.82) is 0 Å². The predicted molar refractivity (Wildman–Crippen MR) is 116 cm³/mol. The molecule has 2 aliphatic rings. The van der Waals surface area contributed by atoms with Crippen molar-refractivity contribution in [3.05, 3.63) is 67.7 Å². The van der Waals surface area contributed by atoms with Gasteiger partial charge >= 0.3 is 0 Å². The van der Waals surface area contributed by atoms with E-state index >= 15 is 0 Å². The Morgan fingerprint density at radius 3 is 2.73 bits per heavy atom. The molecule has 0 N–H and O–H groups in total. The Morgan fingerprint density at radius 2 is 1.97 bits per heavy atom. The van der Waals surface area contributed by atoms with Gasteiger partial charge in [0.15, 0.2) is 5.43 Å². The zero-order valence-corrected chi connectivity index (χ0v) is 17.7. The third-order valence-corrected chi connectivity index (χ3v) is 6.84. The Hall–Kier alpha value is -2.48. The number of nitrogens with zero attached hydrogens (tertiary/aromatic N) is 2. The average molecular weight is 425 g/mol. The molecule has 6 nitrogen and oxygen atoms in total. The van der Waals surface area contributed by atoms with Crippen LogP contribution in [0, 0.1) is 6.92 Å². The fourth-order valence-corrected chi connectivity index (χ4v) is 5.24.